The minimum absolute atomic E-state index is 0.0644. The van der Waals surface area contributed by atoms with Gasteiger partial charge in [-0.05, 0) is 26.9 Å². The first-order chi connectivity index (χ1) is 7.20. The van der Waals surface area contributed by atoms with Crippen LogP contribution >= 0.6 is 11.6 Å². The Balaban J connectivity index is 2.67. The molecule has 1 N–H and O–H groups in total. The standard InChI is InChI=1S/C10H16ClN3O/c1-3-14-10(8(11)7-13-14)9(15)5-4-6-12-2/h7,12H,3-6H2,1-2H3. The number of nitrogens with zero attached hydrogens (tertiary/aromatic N) is 2. The summed E-state index contributed by atoms with van der Waals surface area (Å²) in [4.78, 5) is 11.8. The highest BCUT2D eigenvalue weighted by molar-refractivity contribution is 6.33. The largest absolute Gasteiger partial charge is 0.320 e. The lowest BCUT2D eigenvalue weighted by molar-refractivity contribution is 0.0970. The predicted octanol–water partition coefficient (Wildman–Crippen LogP) is 1.74. The van der Waals surface area contributed by atoms with Gasteiger partial charge in [0.1, 0.15) is 5.69 Å². The molecule has 0 aromatic carbocycles. The van der Waals surface area contributed by atoms with E-state index in [1.54, 1.807) is 4.68 Å². The maximum absolute atomic E-state index is 11.8. The quantitative estimate of drug-likeness (QED) is 0.597. The molecule has 0 saturated heterocycles. The number of nitrogens with one attached hydrogen (secondary N) is 1. The van der Waals surface area contributed by atoms with Crippen molar-refractivity contribution in [1.82, 2.24) is 15.1 Å². The van der Waals surface area contributed by atoms with Gasteiger partial charge in [0.25, 0.3) is 0 Å². The highest BCUT2D eigenvalue weighted by atomic mass is 35.5. The maximum Gasteiger partial charge on any atom is 0.182 e. The van der Waals surface area contributed by atoms with E-state index in [0.717, 1.165) is 13.0 Å². The Kier molecular flexibility index (Phi) is 4.78. The van der Waals surface area contributed by atoms with Crippen LogP contribution in [0.3, 0.4) is 0 Å². The lowest BCUT2D eigenvalue weighted by Gasteiger charge is -2.04. The monoisotopic (exact) mass is 229 g/mol. The molecule has 0 aliphatic carbocycles. The van der Waals surface area contributed by atoms with Crippen molar-refractivity contribution in [2.45, 2.75) is 26.3 Å². The van der Waals surface area contributed by atoms with Gasteiger partial charge in [0.15, 0.2) is 5.78 Å². The number of aryl methyl sites for hydroxylation is 1. The van der Waals surface area contributed by atoms with Gasteiger partial charge in [-0.15, -0.1) is 0 Å². The zero-order valence-electron chi connectivity index (χ0n) is 9.09. The van der Waals surface area contributed by atoms with Crippen LogP contribution in [0.15, 0.2) is 6.20 Å². The van der Waals surface area contributed by atoms with E-state index < -0.39 is 0 Å². The van der Waals surface area contributed by atoms with Gasteiger partial charge in [0, 0.05) is 13.0 Å². The Bertz CT molecular complexity index is 335. The number of hydrogen-bond donors (Lipinski definition) is 1. The Morgan fingerprint density at radius 1 is 1.67 bits per heavy atom. The van der Waals surface area contributed by atoms with Gasteiger partial charge in [0.05, 0.1) is 11.2 Å². The summed E-state index contributed by atoms with van der Waals surface area (Å²) in [6, 6.07) is 0. The minimum atomic E-state index is 0.0644. The van der Waals surface area contributed by atoms with Gasteiger partial charge in [0.2, 0.25) is 0 Å². The SMILES string of the molecule is CCn1ncc(Cl)c1C(=O)CCCNC. The molecule has 0 aliphatic heterocycles. The van der Waals surface area contributed by atoms with Gasteiger partial charge < -0.3 is 5.32 Å². The van der Waals surface area contributed by atoms with E-state index >= 15 is 0 Å². The Labute approximate surface area is 94.6 Å². The van der Waals surface area contributed by atoms with E-state index in [1.807, 2.05) is 14.0 Å². The molecule has 1 aromatic rings. The van der Waals surface area contributed by atoms with Crippen molar-refractivity contribution < 1.29 is 4.79 Å². The third-order valence-corrected chi connectivity index (χ3v) is 2.47. The van der Waals surface area contributed by atoms with Gasteiger partial charge in [-0.1, -0.05) is 11.6 Å². The van der Waals surface area contributed by atoms with Gasteiger partial charge in [-0.25, -0.2) is 0 Å². The average Bonchev–Trinajstić information content (AvgIpc) is 2.59. The highest BCUT2D eigenvalue weighted by Crippen LogP contribution is 2.17. The number of Topliss-reactive ketones (excluding diaryl/α,β-unsaturated/α-hetero) is 1. The second-order valence-corrected chi connectivity index (χ2v) is 3.69. The van der Waals surface area contributed by atoms with Crippen LogP contribution in [0.1, 0.15) is 30.3 Å². The first kappa shape index (κ1) is 12.2. The van der Waals surface area contributed by atoms with E-state index in [4.69, 9.17) is 11.6 Å². The number of carbonyl (C=O) groups is 1. The molecule has 0 saturated carbocycles. The fraction of sp³-hybridized carbons (Fsp3) is 0.600. The Morgan fingerprint density at radius 3 is 3.00 bits per heavy atom. The van der Waals surface area contributed by atoms with Crippen LogP contribution in [-0.4, -0.2) is 29.2 Å². The summed E-state index contributed by atoms with van der Waals surface area (Å²) in [5.41, 5.74) is 0.537. The van der Waals surface area contributed by atoms with E-state index in [-0.39, 0.29) is 5.78 Å². The van der Waals surface area contributed by atoms with Crippen LogP contribution < -0.4 is 5.32 Å². The summed E-state index contributed by atoms with van der Waals surface area (Å²) in [6.07, 6.45) is 2.85. The molecular formula is C10H16ClN3O. The molecule has 0 fully saturated rings. The Morgan fingerprint density at radius 2 is 2.40 bits per heavy atom. The van der Waals surface area contributed by atoms with E-state index in [9.17, 15) is 4.79 Å². The zero-order valence-corrected chi connectivity index (χ0v) is 9.84. The summed E-state index contributed by atoms with van der Waals surface area (Å²) in [7, 11) is 1.87. The van der Waals surface area contributed by atoms with Gasteiger partial charge in [-0.2, -0.15) is 5.10 Å². The van der Waals surface area contributed by atoms with Crippen LogP contribution in [0.2, 0.25) is 5.02 Å². The summed E-state index contributed by atoms with van der Waals surface area (Å²) in [5.74, 6) is 0.0644. The molecular weight excluding hydrogens is 214 g/mol. The molecule has 1 aromatic heterocycles. The number of ketones is 1. The summed E-state index contributed by atoms with van der Waals surface area (Å²) in [5, 5.41) is 7.49. The number of rotatable bonds is 6. The average molecular weight is 230 g/mol. The number of aromatic nitrogens is 2. The van der Waals surface area contributed by atoms with E-state index in [1.165, 1.54) is 6.20 Å². The Hall–Kier alpha value is -0.870. The zero-order chi connectivity index (χ0) is 11.3. The first-order valence-corrected chi connectivity index (χ1v) is 5.47. The van der Waals surface area contributed by atoms with Crippen molar-refractivity contribution in [3.8, 4) is 0 Å². The lowest BCUT2D eigenvalue weighted by atomic mass is 10.1. The van der Waals surface area contributed by atoms with Crippen LogP contribution in [0.25, 0.3) is 0 Å². The highest BCUT2D eigenvalue weighted by Gasteiger charge is 2.15. The molecule has 0 spiro atoms. The molecule has 84 valence electrons. The van der Waals surface area contributed by atoms with Crippen LogP contribution in [0.4, 0.5) is 0 Å². The molecule has 0 unspecified atom stereocenters. The fourth-order valence-electron chi connectivity index (χ4n) is 1.42. The van der Waals surface area contributed by atoms with Crippen molar-refractivity contribution in [3.63, 3.8) is 0 Å². The maximum atomic E-state index is 11.8. The third kappa shape index (κ3) is 3.04. The van der Waals surface area contributed by atoms with Crippen molar-refractivity contribution in [2.75, 3.05) is 13.6 Å². The summed E-state index contributed by atoms with van der Waals surface area (Å²) in [6.45, 7) is 3.44. The smallest absolute Gasteiger partial charge is 0.182 e. The minimum Gasteiger partial charge on any atom is -0.320 e. The molecule has 0 bridgehead atoms. The van der Waals surface area contributed by atoms with Crippen LogP contribution in [-0.2, 0) is 6.54 Å². The topological polar surface area (TPSA) is 46.9 Å². The number of carbonyl (C=O) groups excluding carboxylic acids is 1. The molecule has 4 nitrogen and oxygen atoms in total. The second-order valence-electron chi connectivity index (χ2n) is 3.29. The van der Waals surface area contributed by atoms with Crippen LogP contribution in [0, 0.1) is 0 Å². The molecule has 1 rings (SSSR count). The second kappa shape index (κ2) is 5.88. The van der Waals surface area contributed by atoms with Crippen molar-refractivity contribution in [3.05, 3.63) is 16.9 Å². The lowest BCUT2D eigenvalue weighted by Crippen LogP contribution is -2.13. The van der Waals surface area contributed by atoms with E-state index in [0.29, 0.717) is 23.7 Å². The molecule has 15 heavy (non-hydrogen) atoms. The van der Waals surface area contributed by atoms with Crippen LogP contribution in [0.5, 0.6) is 0 Å². The van der Waals surface area contributed by atoms with E-state index in [2.05, 4.69) is 10.4 Å². The van der Waals surface area contributed by atoms with Crippen molar-refractivity contribution in [1.29, 1.82) is 0 Å². The van der Waals surface area contributed by atoms with Crippen molar-refractivity contribution >= 4 is 17.4 Å². The predicted molar refractivity (Wildman–Crippen MR) is 60.4 cm³/mol. The van der Waals surface area contributed by atoms with Gasteiger partial charge >= 0.3 is 0 Å². The molecule has 0 aliphatic rings. The third-order valence-electron chi connectivity index (χ3n) is 2.19. The summed E-state index contributed by atoms with van der Waals surface area (Å²) < 4.78 is 1.64. The molecule has 0 atom stereocenters. The molecule has 1 heterocycles. The van der Waals surface area contributed by atoms with Crippen molar-refractivity contribution in [2.24, 2.45) is 0 Å². The molecule has 0 amide bonds. The number of hydrogen-bond acceptors (Lipinski definition) is 3. The molecule has 5 heteroatoms. The van der Waals surface area contributed by atoms with Gasteiger partial charge in [-0.3, -0.25) is 9.48 Å². The normalized spacial score (nSPS) is 10.6. The molecule has 0 radical (unpaired) electrons. The number of halogens is 1. The summed E-state index contributed by atoms with van der Waals surface area (Å²) >= 11 is 5.91. The fourth-order valence-corrected chi connectivity index (χ4v) is 1.67. The first-order valence-electron chi connectivity index (χ1n) is 5.09.